The Morgan fingerprint density at radius 2 is 0.873 bits per heavy atom. The van der Waals surface area contributed by atoms with Gasteiger partial charge in [0, 0.05) is 32.8 Å². The van der Waals surface area contributed by atoms with Crippen molar-refractivity contribution in [3.05, 3.63) is 200 Å². The number of rotatable bonds is 5. The molecule has 2 heterocycles. The maximum absolute atomic E-state index is 5.48. The zero-order valence-corrected chi connectivity index (χ0v) is 29.9. The summed E-state index contributed by atoms with van der Waals surface area (Å²) in [6, 6.07) is 71.4. The van der Waals surface area contributed by atoms with Crippen LogP contribution in [0.5, 0.6) is 0 Å². The molecule has 0 fully saturated rings. The third-order valence-corrected chi connectivity index (χ3v) is 11.0. The van der Waals surface area contributed by atoms with Crippen LogP contribution in [0.25, 0.3) is 105 Å². The van der Waals surface area contributed by atoms with Crippen molar-refractivity contribution in [1.82, 2.24) is 14.5 Å². The quantitative estimate of drug-likeness (QED) is 0.132. The molecule has 0 amide bonds. The molecule has 0 saturated carbocycles. The average molecular weight is 700 g/mol. The largest absolute Gasteiger partial charge is 0.309 e. The van der Waals surface area contributed by atoms with Gasteiger partial charge in [-0.1, -0.05) is 176 Å². The van der Waals surface area contributed by atoms with Crippen LogP contribution in [-0.2, 0) is 0 Å². The van der Waals surface area contributed by atoms with Crippen LogP contribution in [0.2, 0.25) is 0 Å². The van der Waals surface area contributed by atoms with Crippen molar-refractivity contribution in [1.29, 1.82) is 0 Å². The van der Waals surface area contributed by atoms with E-state index < -0.39 is 0 Å². The predicted molar refractivity (Wildman–Crippen MR) is 231 cm³/mol. The van der Waals surface area contributed by atoms with E-state index in [9.17, 15) is 0 Å². The molecule has 0 atom stereocenters. The van der Waals surface area contributed by atoms with Gasteiger partial charge >= 0.3 is 0 Å². The van der Waals surface area contributed by atoms with Gasteiger partial charge in [0.15, 0.2) is 5.82 Å². The first kappa shape index (κ1) is 31.2. The zero-order chi connectivity index (χ0) is 36.3. The second kappa shape index (κ2) is 12.6. The first-order chi connectivity index (χ1) is 27.3. The monoisotopic (exact) mass is 699 g/mol. The topological polar surface area (TPSA) is 30.7 Å². The summed E-state index contributed by atoms with van der Waals surface area (Å²) in [5.74, 6) is 0.690. The maximum Gasteiger partial charge on any atom is 0.160 e. The number of fused-ring (bicyclic) bond motifs is 7. The first-order valence-electron chi connectivity index (χ1n) is 18.8. The molecule has 0 aliphatic heterocycles. The number of para-hydroxylation sites is 3. The maximum atomic E-state index is 5.48. The zero-order valence-electron chi connectivity index (χ0n) is 29.9. The lowest BCUT2D eigenvalue weighted by Gasteiger charge is -2.20. The predicted octanol–water partition coefficient (Wildman–Crippen LogP) is 13.7. The summed E-state index contributed by atoms with van der Waals surface area (Å²) in [6.45, 7) is 0. The highest BCUT2D eigenvalue weighted by atomic mass is 15.0. The van der Waals surface area contributed by atoms with Gasteiger partial charge in [-0.3, -0.25) is 0 Å². The molecule has 9 aromatic carbocycles. The molecule has 0 N–H and O–H groups in total. The Bertz CT molecular complexity index is 3200. The lowest BCUT2D eigenvalue weighted by Crippen LogP contribution is -2.01. The molecule has 3 nitrogen and oxygen atoms in total. The average Bonchev–Trinajstić information content (AvgIpc) is 3.60. The highest BCUT2D eigenvalue weighted by Gasteiger charge is 2.22. The van der Waals surface area contributed by atoms with Crippen LogP contribution >= 0.6 is 0 Å². The second-order valence-corrected chi connectivity index (χ2v) is 14.1. The highest BCUT2D eigenvalue weighted by Crippen LogP contribution is 2.47. The SMILES string of the molecule is c1ccc(-c2nc(-c3ccccc3-n3c4ccccc4c4ccccc43)cc(-c3c4ccccc4c(-c4ccccc4)c4ccc5ccccc5c34)n2)cc1. The van der Waals surface area contributed by atoms with Crippen molar-refractivity contribution in [3.63, 3.8) is 0 Å². The smallest absolute Gasteiger partial charge is 0.160 e. The van der Waals surface area contributed by atoms with Crippen LogP contribution in [-0.4, -0.2) is 14.5 Å². The molecule has 2 aromatic heterocycles. The summed E-state index contributed by atoms with van der Waals surface area (Å²) in [7, 11) is 0. The minimum atomic E-state index is 0.690. The van der Waals surface area contributed by atoms with Crippen LogP contribution in [0.15, 0.2) is 200 Å². The molecule has 0 unspecified atom stereocenters. The van der Waals surface area contributed by atoms with Gasteiger partial charge in [0.25, 0.3) is 0 Å². The molecule has 0 spiro atoms. The molecule has 11 rings (SSSR count). The summed E-state index contributed by atoms with van der Waals surface area (Å²) >= 11 is 0. The van der Waals surface area contributed by atoms with E-state index in [1.165, 1.54) is 48.8 Å². The molecule has 55 heavy (non-hydrogen) atoms. The number of hydrogen-bond donors (Lipinski definition) is 0. The lowest BCUT2D eigenvalue weighted by atomic mass is 9.85. The van der Waals surface area contributed by atoms with E-state index >= 15 is 0 Å². The van der Waals surface area contributed by atoms with Crippen LogP contribution in [0, 0.1) is 0 Å². The summed E-state index contributed by atoms with van der Waals surface area (Å²) < 4.78 is 2.39. The van der Waals surface area contributed by atoms with Gasteiger partial charge in [-0.15, -0.1) is 0 Å². The molecule has 0 aliphatic carbocycles. The van der Waals surface area contributed by atoms with Crippen molar-refractivity contribution in [2.75, 3.05) is 0 Å². The van der Waals surface area contributed by atoms with Crippen molar-refractivity contribution < 1.29 is 0 Å². The molecule has 3 heteroatoms. The van der Waals surface area contributed by atoms with Gasteiger partial charge in [-0.2, -0.15) is 0 Å². The summed E-state index contributed by atoms with van der Waals surface area (Å²) in [4.78, 5) is 10.9. The Balaban J connectivity index is 1.27. The van der Waals surface area contributed by atoms with Crippen molar-refractivity contribution in [3.8, 4) is 50.7 Å². The molecule has 0 aliphatic rings. The van der Waals surface area contributed by atoms with Crippen molar-refractivity contribution >= 4 is 54.1 Å². The van der Waals surface area contributed by atoms with E-state index in [2.05, 4.69) is 199 Å². The number of aromatic nitrogens is 3. The van der Waals surface area contributed by atoms with E-state index in [1.54, 1.807) is 0 Å². The Kier molecular flexibility index (Phi) is 7.17. The molecule has 0 radical (unpaired) electrons. The van der Waals surface area contributed by atoms with Gasteiger partial charge in [0.1, 0.15) is 0 Å². The van der Waals surface area contributed by atoms with Crippen LogP contribution in [0.1, 0.15) is 0 Å². The normalized spacial score (nSPS) is 11.6. The summed E-state index contributed by atoms with van der Waals surface area (Å²) in [6.07, 6.45) is 0. The van der Waals surface area contributed by atoms with Gasteiger partial charge in [0.05, 0.1) is 28.1 Å². The molecule has 0 saturated heterocycles. The summed E-state index contributed by atoms with van der Waals surface area (Å²) in [5.41, 5.74) is 10.7. The van der Waals surface area contributed by atoms with Crippen LogP contribution < -0.4 is 0 Å². The van der Waals surface area contributed by atoms with E-state index in [0.29, 0.717) is 5.82 Å². The van der Waals surface area contributed by atoms with E-state index in [-0.39, 0.29) is 0 Å². The number of nitrogens with zero attached hydrogens (tertiary/aromatic N) is 3. The van der Waals surface area contributed by atoms with Gasteiger partial charge in [0.2, 0.25) is 0 Å². The Morgan fingerprint density at radius 3 is 1.58 bits per heavy atom. The fraction of sp³-hybridized carbons (Fsp3) is 0. The molecule has 11 aromatic rings. The molecular weight excluding hydrogens is 667 g/mol. The van der Waals surface area contributed by atoms with Crippen molar-refractivity contribution in [2.45, 2.75) is 0 Å². The van der Waals surface area contributed by atoms with Crippen LogP contribution in [0.4, 0.5) is 0 Å². The van der Waals surface area contributed by atoms with Crippen LogP contribution in [0.3, 0.4) is 0 Å². The number of hydrogen-bond acceptors (Lipinski definition) is 2. The van der Waals surface area contributed by atoms with Gasteiger partial charge in [-0.25, -0.2) is 9.97 Å². The highest BCUT2D eigenvalue weighted by molar-refractivity contribution is 6.27. The van der Waals surface area contributed by atoms with Crippen molar-refractivity contribution in [2.24, 2.45) is 0 Å². The molecule has 0 bridgehead atoms. The fourth-order valence-electron chi connectivity index (χ4n) is 8.63. The fourth-order valence-corrected chi connectivity index (χ4v) is 8.63. The standard InChI is InChI=1S/C52H33N3/c1-3-18-35(19-4-1)49-40-25-9-10-26-41(40)51(50-37-22-8-7-17-34(37)31-32-43(49)50)45-33-44(53-52(54-45)36-20-5-2-6-21-36)42-27-13-16-30-48(42)55-46-28-14-11-23-38(46)39-24-12-15-29-47(39)55/h1-33H. The molecular formula is C52H33N3. The summed E-state index contributed by atoms with van der Waals surface area (Å²) in [5, 5.41) is 9.59. The minimum absolute atomic E-state index is 0.690. The Labute approximate surface area is 318 Å². The first-order valence-corrected chi connectivity index (χ1v) is 18.8. The van der Waals surface area contributed by atoms with E-state index in [4.69, 9.17) is 9.97 Å². The van der Waals surface area contributed by atoms with Gasteiger partial charge < -0.3 is 4.57 Å². The van der Waals surface area contributed by atoms with E-state index in [0.717, 1.165) is 50.2 Å². The Hall–Kier alpha value is -7.36. The minimum Gasteiger partial charge on any atom is -0.309 e. The number of benzene rings is 9. The lowest BCUT2D eigenvalue weighted by molar-refractivity contribution is 1.15. The second-order valence-electron chi connectivity index (χ2n) is 14.1. The third kappa shape index (κ3) is 4.98. The van der Waals surface area contributed by atoms with Gasteiger partial charge in [-0.05, 0) is 62.3 Å². The molecule has 256 valence electrons. The van der Waals surface area contributed by atoms with E-state index in [1.807, 2.05) is 6.07 Å². The third-order valence-electron chi connectivity index (χ3n) is 11.0. The Morgan fingerprint density at radius 1 is 0.345 bits per heavy atom.